The van der Waals surface area contributed by atoms with Crippen LogP contribution in [0.1, 0.15) is 38.1 Å². The van der Waals surface area contributed by atoms with E-state index in [0.29, 0.717) is 5.75 Å². The van der Waals surface area contributed by atoms with Crippen LogP contribution in [0.2, 0.25) is 0 Å². The predicted octanol–water partition coefficient (Wildman–Crippen LogP) is 1.55. The van der Waals surface area contributed by atoms with Crippen LogP contribution in [0.4, 0.5) is 4.39 Å². The summed E-state index contributed by atoms with van der Waals surface area (Å²) in [5.74, 6) is -1.24. The number of carbonyl (C=O) groups is 2. The highest BCUT2D eigenvalue weighted by molar-refractivity contribution is 7.99. The lowest BCUT2D eigenvalue weighted by molar-refractivity contribution is -0.125. The number of hydrogen-bond donors (Lipinski definition) is 2. The van der Waals surface area contributed by atoms with Crippen molar-refractivity contribution in [2.24, 2.45) is 0 Å². The molecule has 7 nitrogen and oxygen atoms in total. The van der Waals surface area contributed by atoms with Crippen LogP contribution < -0.4 is 10.0 Å². The molecule has 1 saturated heterocycles. The minimum atomic E-state index is -3.83. The molecule has 2 N–H and O–H groups in total. The lowest BCUT2D eigenvalue weighted by Gasteiger charge is -2.28. The molecule has 1 aromatic carbocycles. The van der Waals surface area contributed by atoms with Gasteiger partial charge in [0.2, 0.25) is 15.9 Å². The summed E-state index contributed by atoms with van der Waals surface area (Å²) >= 11 is 1.38. The van der Waals surface area contributed by atoms with Crippen molar-refractivity contribution < 1.29 is 22.4 Å². The lowest BCUT2D eigenvalue weighted by Crippen LogP contribution is -2.52. The number of nitrogens with one attached hydrogen (secondary N) is 2. The average Bonchev–Trinajstić information content (AvgIpc) is 3.02. The van der Waals surface area contributed by atoms with Gasteiger partial charge in [-0.05, 0) is 39.0 Å². The van der Waals surface area contributed by atoms with Crippen LogP contribution in [-0.2, 0) is 14.8 Å². The monoisotopic (exact) mass is 417 g/mol. The van der Waals surface area contributed by atoms with E-state index >= 15 is 0 Å². The topological polar surface area (TPSA) is 95.6 Å². The molecule has 0 spiro atoms. The molecule has 1 heterocycles. The Morgan fingerprint density at radius 1 is 1.33 bits per heavy atom. The standard InChI is InChI=1S/C17H24FN3O4S2/c1-5-19-27(24,25)11-6-7-13(18)12(8-11)16(23)21-10-26-9-14(21)15(22)20-17(2,3)4/h6-8,14,19H,5,9-10H2,1-4H3,(H,20,22). The number of rotatable bonds is 5. The smallest absolute Gasteiger partial charge is 0.258 e. The molecule has 0 aromatic heterocycles. The SMILES string of the molecule is CCNS(=O)(=O)c1ccc(F)c(C(=O)N2CSCC2C(=O)NC(C)(C)C)c1. The van der Waals surface area contributed by atoms with Crippen molar-refractivity contribution in [2.75, 3.05) is 18.2 Å². The summed E-state index contributed by atoms with van der Waals surface area (Å²) in [5, 5.41) is 2.82. The normalized spacial score (nSPS) is 17.8. The zero-order valence-corrected chi connectivity index (χ0v) is 17.3. The molecule has 1 aromatic rings. The average molecular weight is 418 g/mol. The molecule has 1 fully saturated rings. The van der Waals surface area contributed by atoms with Crippen molar-refractivity contribution in [3.05, 3.63) is 29.6 Å². The van der Waals surface area contributed by atoms with Crippen LogP contribution in [0, 0.1) is 5.82 Å². The molecule has 150 valence electrons. The third kappa shape index (κ3) is 5.20. The number of benzene rings is 1. The first-order valence-corrected chi connectivity index (χ1v) is 11.1. The Bertz CT molecular complexity index is 837. The first-order valence-electron chi connectivity index (χ1n) is 8.46. The van der Waals surface area contributed by atoms with Crippen LogP contribution in [0.25, 0.3) is 0 Å². The quantitative estimate of drug-likeness (QED) is 0.758. The fourth-order valence-electron chi connectivity index (χ4n) is 2.58. The molecule has 0 aliphatic carbocycles. The molecule has 10 heteroatoms. The molecule has 1 aliphatic heterocycles. The third-order valence-electron chi connectivity index (χ3n) is 3.76. The van der Waals surface area contributed by atoms with Crippen molar-refractivity contribution >= 4 is 33.6 Å². The minimum absolute atomic E-state index is 0.167. The molecule has 0 radical (unpaired) electrons. The fraction of sp³-hybridized carbons (Fsp3) is 0.529. The van der Waals surface area contributed by atoms with Crippen molar-refractivity contribution in [3.63, 3.8) is 0 Å². The predicted molar refractivity (Wildman–Crippen MR) is 102 cm³/mol. The van der Waals surface area contributed by atoms with Gasteiger partial charge in [0.25, 0.3) is 5.91 Å². The summed E-state index contributed by atoms with van der Waals surface area (Å²) in [6.07, 6.45) is 0. The zero-order chi connectivity index (χ0) is 20.4. The Morgan fingerprint density at radius 3 is 2.59 bits per heavy atom. The maximum absolute atomic E-state index is 14.3. The van der Waals surface area contributed by atoms with Gasteiger partial charge in [-0.1, -0.05) is 6.92 Å². The number of carbonyl (C=O) groups excluding carboxylic acids is 2. The molecule has 2 amide bonds. The summed E-state index contributed by atoms with van der Waals surface area (Å²) < 4.78 is 40.9. The third-order valence-corrected chi connectivity index (χ3v) is 6.31. The number of amides is 2. The van der Waals surface area contributed by atoms with Gasteiger partial charge in [0.05, 0.1) is 16.3 Å². The summed E-state index contributed by atoms with van der Waals surface area (Å²) in [4.78, 5) is 26.4. The number of hydrogen-bond acceptors (Lipinski definition) is 5. The van der Waals surface area contributed by atoms with E-state index in [1.54, 1.807) is 6.92 Å². The number of sulfonamides is 1. The Morgan fingerprint density at radius 2 is 2.00 bits per heavy atom. The maximum atomic E-state index is 14.3. The molecular formula is C17H24FN3O4S2. The summed E-state index contributed by atoms with van der Waals surface area (Å²) in [6.45, 7) is 7.27. The first-order chi connectivity index (χ1) is 12.5. The van der Waals surface area contributed by atoms with Crippen molar-refractivity contribution in [1.82, 2.24) is 14.9 Å². The maximum Gasteiger partial charge on any atom is 0.258 e. The molecule has 2 rings (SSSR count). The number of nitrogens with zero attached hydrogens (tertiary/aromatic N) is 1. The van der Waals surface area contributed by atoms with E-state index in [9.17, 15) is 22.4 Å². The summed E-state index contributed by atoms with van der Waals surface area (Å²) in [6, 6.07) is 2.32. The molecule has 1 aliphatic rings. The van der Waals surface area contributed by atoms with Crippen LogP contribution >= 0.6 is 11.8 Å². The zero-order valence-electron chi connectivity index (χ0n) is 15.7. The van der Waals surface area contributed by atoms with Crippen molar-refractivity contribution in [3.8, 4) is 0 Å². The second-order valence-corrected chi connectivity index (χ2v) is 9.94. The van der Waals surface area contributed by atoms with Gasteiger partial charge in [-0.15, -0.1) is 11.8 Å². The van der Waals surface area contributed by atoms with Gasteiger partial charge in [-0.3, -0.25) is 9.59 Å². The highest BCUT2D eigenvalue weighted by Crippen LogP contribution is 2.26. The van der Waals surface area contributed by atoms with E-state index in [2.05, 4.69) is 10.0 Å². The van der Waals surface area contributed by atoms with E-state index in [-0.39, 0.29) is 28.8 Å². The minimum Gasteiger partial charge on any atom is -0.350 e. The molecule has 1 unspecified atom stereocenters. The van der Waals surface area contributed by atoms with Crippen LogP contribution in [0.5, 0.6) is 0 Å². The van der Waals surface area contributed by atoms with Crippen molar-refractivity contribution in [1.29, 1.82) is 0 Å². The van der Waals surface area contributed by atoms with E-state index < -0.39 is 33.3 Å². The Kier molecular flexibility index (Phi) is 6.54. The first kappa shape index (κ1) is 21.6. The molecular weight excluding hydrogens is 393 g/mol. The lowest BCUT2D eigenvalue weighted by atomic mass is 10.1. The fourth-order valence-corrected chi connectivity index (χ4v) is 4.80. The number of thioether (sulfide) groups is 1. The van der Waals surface area contributed by atoms with Gasteiger partial charge in [0, 0.05) is 17.8 Å². The van der Waals surface area contributed by atoms with E-state index in [1.807, 2.05) is 20.8 Å². The van der Waals surface area contributed by atoms with Gasteiger partial charge in [0.1, 0.15) is 11.9 Å². The van der Waals surface area contributed by atoms with Crippen molar-refractivity contribution in [2.45, 2.75) is 44.2 Å². The van der Waals surface area contributed by atoms with E-state index in [1.165, 1.54) is 16.7 Å². The molecule has 0 saturated carbocycles. The highest BCUT2D eigenvalue weighted by atomic mass is 32.2. The Hall–Kier alpha value is -1.65. The van der Waals surface area contributed by atoms with Gasteiger partial charge in [0.15, 0.2) is 0 Å². The van der Waals surface area contributed by atoms with Crippen LogP contribution in [-0.4, -0.2) is 54.9 Å². The summed E-state index contributed by atoms with van der Waals surface area (Å²) in [5.41, 5.74) is -0.838. The molecule has 27 heavy (non-hydrogen) atoms. The van der Waals surface area contributed by atoms with E-state index in [0.717, 1.165) is 18.2 Å². The molecule has 0 bridgehead atoms. The Labute approximate surface area is 163 Å². The van der Waals surface area contributed by atoms with Gasteiger partial charge in [-0.25, -0.2) is 17.5 Å². The number of halogens is 1. The van der Waals surface area contributed by atoms with Gasteiger partial charge < -0.3 is 10.2 Å². The van der Waals surface area contributed by atoms with Gasteiger partial charge in [-0.2, -0.15) is 0 Å². The van der Waals surface area contributed by atoms with Crippen LogP contribution in [0.15, 0.2) is 23.1 Å². The second-order valence-electron chi connectivity index (χ2n) is 7.17. The van der Waals surface area contributed by atoms with E-state index in [4.69, 9.17) is 0 Å². The summed E-state index contributed by atoms with van der Waals surface area (Å²) in [7, 11) is -3.83. The molecule has 1 atom stereocenters. The van der Waals surface area contributed by atoms with Crippen LogP contribution in [0.3, 0.4) is 0 Å². The Balaban J connectivity index is 2.32. The highest BCUT2D eigenvalue weighted by Gasteiger charge is 2.37. The largest absolute Gasteiger partial charge is 0.350 e. The second kappa shape index (κ2) is 8.15. The van der Waals surface area contributed by atoms with Gasteiger partial charge >= 0.3 is 0 Å².